The van der Waals surface area contributed by atoms with Crippen molar-refractivity contribution in [2.24, 2.45) is 0 Å². The van der Waals surface area contributed by atoms with Gasteiger partial charge in [-0.3, -0.25) is 9.59 Å². The van der Waals surface area contributed by atoms with Crippen LogP contribution in [0.25, 0.3) is 6.08 Å². The molecule has 0 heterocycles. The maximum absolute atomic E-state index is 14.4. The molecule has 0 saturated carbocycles. The standard InChI is InChI=1S/C33H47N3O5/c1-7-10-12-21-36(29(30(38)34-20-11-8-2)26-15-13-14-24(9-3)22-26)31(39)28(35-32(40)41-33(4,5)6)23-25-16-18-27(37)19-17-25/h9,13-19,22,28-29,37H,3,7-8,10-12,20-21,23H2,1-2,4-6H3,(H,34,38)(H,35,40). The first-order valence-corrected chi connectivity index (χ1v) is 14.6. The van der Waals surface area contributed by atoms with Crippen LogP contribution in [-0.2, 0) is 20.7 Å². The summed E-state index contributed by atoms with van der Waals surface area (Å²) in [5.41, 5.74) is 1.48. The van der Waals surface area contributed by atoms with Gasteiger partial charge in [0.2, 0.25) is 11.8 Å². The number of phenols is 1. The second kappa shape index (κ2) is 16.5. The first kappa shape index (κ1) is 33.4. The molecular weight excluding hydrogens is 518 g/mol. The average Bonchev–Trinajstić information content (AvgIpc) is 2.92. The molecule has 0 radical (unpaired) electrons. The van der Waals surface area contributed by atoms with E-state index in [0.717, 1.165) is 36.8 Å². The Hall–Kier alpha value is -3.81. The van der Waals surface area contributed by atoms with E-state index in [4.69, 9.17) is 4.74 Å². The molecule has 0 fully saturated rings. The summed E-state index contributed by atoms with van der Waals surface area (Å²) in [6, 6.07) is 12.0. The normalized spacial score (nSPS) is 12.6. The van der Waals surface area contributed by atoms with E-state index in [0.29, 0.717) is 25.1 Å². The molecule has 3 N–H and O–H groups in total. The second-order valence-corrected chi connectivity index (χ2v) is 11.2. The number of carbonyl (C=O) groups is 3. The van der Waals surface area contributed by atoms with Gasteiger partial charge in [0.1, 0.15) is 23.4 Å². The van der Waals surface area contributed by atoms with Crippen molar-refractivity contribution in [2.75, 3.05) is 13.1 Å². The highest BCUT2D eigenvalue weighted by molar-refractivity contribution is 5.92. The van der Waals surface area contributed by atoms with Gasteiger partial charge < -0.3 is 25.4 Å². The summed E-state index contributed by atoms with van der Waals surface area (Å²) in [5, 5.41) is 15.5. The van der Waals surface area contributed by atoms with Crippen LogP contribution in [0.3, 0.4) is 0 Å². The van der Waals surface area contributed by atoms with E-state index in [-0.39, 0.29) is 24.0 Å². The van der Waals surface area contributed by atoms with E-state index < -0.39 is 23.8 Å². The SMILES string of the molecule is C=Cc1cccc(C(C(=O)NCCCC)N(CCCCC)C(=O)C(Cc2ccc(O)cc2)NC(=O)OC(C)(C)C)c1. The summed E-state index contributed by atoms with van der Waals surface area (Å²) in [7, 11) is 0. The number of aromatic hydroxyl groups is 1. The van der Waals surface area contributed by atoms with Crippen LogP contribution in [0.5, 0.6) is 5.75 Å². The largest absolute Gasteiger partial charge is 0.508 e. The van der Waals surface area contributed by atoms with Gasteiger partial charge in [0.15, 0.2) is 0 Å². The van der Waals surface area contributed by atoms with Crippen LogP contribution in [0.15, 0.2) is 55.1 Å². The predicted octanol–water partition coefficient (Wildman–Crippen LogP) is 6.15. The Morgan fingerprint density at radius 3 is 2.32 bits per heavy atom. The smallest absolute Gasteiger partial charge is 0.408 e. The highest BCUT2D eigenvalue weighted by Gasteiger charge is 2.36. The van der Waals surface area contributed by atoms with Crippen molar-refractivity contribution in [2.45, 2.75) is 90.8 Å². The summed E-state index contributed by atoms with van der Waals surface area (Å²) in [6.45, 7) is 14.1. The average molecular weight is 566 g/mol. The maximum Gasteiger partial charge on any atom is 0.408 e. The zero-order valence-electron chi connectivity index (χ0n) is 25.2. The maximum atomic E-state index is 14.4. The molecule has 0 aliphatic rings. The number of amides is 3. The fourth-order valence-corrected chi connectivity index (χ4v) is 4.43. The van der Waals surface area contributed by atoms with Crippen LogP contribution in [-0.4, -0.2) is 52.6 Å². The fraction of sp³-hybridized carbons (Fsp3) is 0.485. The summed E-state index contributed by atoms with van der Waals surface area (Å²) >= 11 is 0. The zero-order valence-corrected chi connectivity index (χ0v) is 25.2. The van der Waals surface area contributed by atoms with Gasteiger partial charge in [-0.1, -0.05) is 76.1 Å². The molecule has 0 aromatic heterocycles. The van der Waals surface area contributed by atoms with Crippen LogP contribution in [0.2, 0.25) is 0 Å². The molecule has 2 rings (SSSR count). The summed E-state index contributed by atoms with van der Waals surface area (Å²) in [6.07, 6.45) is 5.39. The number of nitrogens with one attached hydrogen (secondary N) is 2. The molecular formula is C33H47N3O5. The number of hydrogen-bond acceptors (Lipinski definition) is 5. The molecule has 2 aromatic carbocycles. The molecule has 224 valence electrons. The zero-order chi connectivity index (χ0) is 30.4. The Kier molecular flexibility index (Phi) is 13.4. The van der Waals surface area contributed by atoms with Crippen molar-refractivity contribution >= 4 is 24.0 Å². The number of ether oxygens (including phenoxy) is 1. The van der Waals surface area contributed by atoms with Gasteiger partial charge in [-0.05, 0) is 68.5 Å². The molecule has 2 atom stereocenters. The van der Waals surface area contributed by atoms with E-state index in [1.165, 1.54) is 12.1 Å². The van der Waals surface area contributed by atoms with Gasteiger partial charge in [-0.25, -0.2) is 4.79 Å². The van der Waals surface area contributed by atoms with Crippen molar-refractivity contribution in [3.05, 3.63) is 71.8 Å². The lowest BCUT2D eigenvalue weighted by Gasteiger charge is -2.35. The number of benzene rings is 2. The first-order chi connectivity index (χ1) is 19.5. The van der Waals surface area contributed by atoms with Gasteiger partial charge in [0.05, 0.1) is 0 Å². The minimum atomic E-state index is -1.01. The lowest BCUT2D eigenvalue weighted by molar-refractivity contribution is -0.142. The van der Waals surface area contributed by atoms with Gasteiger partial charge in [0.25, 0.3) is 0 Å². The molecule has 8 heteroatoms. The van der Waals surface area contributed by atoms with Crippen LogP contribution in [0.4, 0.5) is 4.79 Å². The molecule has 2 unspecified atom stereocenters. The first-order valence-electron chi connectivity index (χ1n) is 14.6. The van der Waals surface area contributed by atoms with Crippen LogP contribution in [0.1, 0.15) is 89.5 Å². The van der Waals surface area contributed by atoms with Crippen molar-refractivity contribution < 1.29 is 24.2 Å². The molecule has 2 aromatic rings. The number of nitrogens with zero attached hydrogens (tertiary/aromatic N) is 1. The number of alkyl carbamates (subject to hydrolysis) is 1. The van der Waals surface area contributed by atoms with Gasteiger partial charge in [0, 0.05) is 19.5 Å². The van der Waals surface area contributed by atoms with Crippen molar-refractivity contribution in [1.29, 1.82) is 0 Å². The minimum Gasteiger partial charge on any atom is -0.508 e. The van der Waals surface area contributed by atoms with Crippen molar-refractivity contribution in [3.63, 3.8) is 0 Å². The van der Waals surface area contributed by atoms with Gasteiger partial charge >= 0.3 is 6.09 Å². The summed E-state index contributed by atoms with van der Waals surface area (Å²) in [5.74, 6) is -0.561. The lowest BCUT2D eigenvalue weighted by atomic mass is 9.98. The number of hydrogen-bond donors (Lipinski definition) is 3. The van der Waals surface area contributed by atoms with Crippen LogP contribution < -0.4 is 10.6 Å². The highest BCUT2D eigenvalue weighted by Crippen LogP contribution is 2.26. The Morgan fingerprint density at radius 2 is 1.71 bits per heavy atom. The number of rotatable bonds is 15. The molecule has 0 aliphatic carbocycles. The molecule has 3 amide bonds. The summed E-state index contributed by atoms with van der Waals surface area (Å²) in [4.78, 5) is 42.7. The number of unbranched alkanes of at least 4 members (excludes halogenated alkanes) is 3. The fourth-order valence-electron chi connectivity index (χ4n) is 4.43. The van der Waals surface area contributed by atoms with E-state index in [9.17, 15) is 19.5 Å². The lowest BCUT2D eigenvalue weighted by Crippen LogP contribution is -2.54. The van der Waals surface area contributed by atoms with Crippen LogP contribution in [0, 0.1) is 0 Å². The monoisotopic (exact) mass is 565 g/mol. The third-order valence-corrected chi connectivity index (χ3v) is 6.50. The molecule has 8 nitrogen and oxygen atoms in total. The predicted molar refractivity (Wildman–Crippen MR) is 163 cm³/mol. The highest BCUT2D eigenvalue weighted by atomic mass is 16.6. The molecule has 0 bridgehead atoms. The van der Waals surface area contributed by atoms with Gasteiger partial charge in [-0.15, -0.1) is 0 Å². The third-order valence-electron chi connectivity index (χ3n) is 6.50. The van der Waals surface area contributed by atoms with Crippen LogP contribution >= 0.6 is 0 Å². The Morgan fingerprint density at radius 1 is 1.02 bits per heavy atom. The van der Waals surface area contributed by atoms with Crippen molar-refractivity contribution in [3.8, 4) is 5.75 Å². The van der Waals surface area contributed by atoms with E-state index in [2.05, 4.69) is 24.1 Å². The third kappa shape index (κ3) is 11.3. The van der Waals surface area contributed by atoms with Crippen molar-refractivity contribution in [1.82, 2.24) is 15.5 Å². The topological polar surface area (TPSA) is 108 Å². The Labute approximate surface area is 245 Å². The molecule has 0 aliphatic heterocycles. The Balaban J connectivity index is 2.57. The minimum absolute atomic E-state index is 0.101. The van der Waals surface area contributed by atoms with Gasteiger partial charge in [-0.2, -0.15) is 0 Å². The molecule has 0 spiro atoms. The number of phenolic OH excluding ortho intramolecular Hbond substituents is 1. The van der Waals surface area contributed by atoms with E-state index >= 15 is 0 Å². The second-order valence-electron chi connectivity index (χ2n) is 11.2. The quantitative estimate of drug-likeness (QED) is 0.225. The summed E-state index contributed by atoms with van der Waals surface area (Å²) < 4.78 is 5.49. The number of carbonyl (C=O) groups excluding carboxylic acids is 3. The van der Waals surface area contributed by atoms with E-state index in [1.54, 1.807) is 43.9 Å². The molecule has 41 heavy (non-hydrogen) atoms. The van der Waals surface area contributed by atoms with E-state index in [1.807, 2.05) is 31.2 Å². The molecule has 0 saturated heterocycles. The Bertz CT molecular complexity index is 1140.